The molecule has 102 valence electrons. The standard InChI is InChI=1S/C12H25NO3S/c1-3-16-11-9-10(12(11)15-2)13-5-8-17-7-4-6-14/h10-14H,3-9H2,1-2H3. The first-order valence-electron chi connectivity index (χ1n) is 6.39. The highest BCUT2D eigenvalue weighted by Gasteiger charge is 2.41. The normalized spacial score (nSPS) is 28.1. The van der Waals surface area contributed by atoms with Gasteiger partial charge in [0.2, 0.25) is 0 Å². The van der Waals surface area contributed by atoms with Gasteiger partial charge in [-0.2, -0.15) is 11.8 Å². The Kier molecular flexibility index (Phi) is 8.22. The lowest BCUT2D eigenvalue weighted by atomic mass is 9.85. The molecule has 0 aromatic carbocycles. The van der Waals surface area contributed by atoms with E-state index >= 15 is 0 Å². The summed E-state index contributed by atoms with van der Waals surface area (Å²) in [5, 5.41) is 12.1. The predicted molar refractivity (Wildman–Crippen MR) is 71.6 cm³/mol. The molecular formula is C12H25NO3S. The first kappa shape index (κ1) is 15.2. The van der Waals surface area contributed by atoms with Crippen molar-refractivity contribution in [3.63, 3.8) is 0 Å². The number of methoxy groups -OCH3 is 1. The van der Waals surface area contributed by atoms with Crippen LogP contribution in [0, 0.1) is 0 Å². The van der Waals surface area contributed by atoms with E-state index in [-0.39, 0.29) is 12.2 Å². The number of ether oxygens (including phenoxy) is 2. The number of hydrogen-bond donors (Lipinski definition) is 2. The van der Waals surface area contributed by atoms with Gasteiger partial charge in [0.25, 0.3) is 0 Å². The molecule has 0 aromatic rings. The van der Waals surface area contributed by atoms with E-state index in [0.29, 0.717) is 12.6 Å². The van der Waals surface area contributed by atoms with Crippen LogP contribution >= 0.6 is 11.8 Å². The monoisotopic (exact) mass is 263 g/mol. The lowest BCUT2D eigenvalue weighted by Gasteiger charge is -2.43. The molecule has 1 fully saturated rings. The maximum absolute atomic E-state index is 8.65. The average Bonchev–Trinajstić information content (AvgIpc) is 2.31. The summed E-state index contributed by atoms with van der Waals surface area (Å²) >= 11 is 1.88. The van der Waals surface area contributed by atoms with Gasteiger partial charge >= 0.3 is 0 Å². The molecule has 0 radical (unpaired) electrons. The molecule has 3 atom stereocenters. The number of nitrogens with one attached hydrogen (secondary N) is 1. The van der Waals surface area contributed by atoms with Crippen LogP contribution in [-0.4, -0.2) is 61.7 Å². The molecule has 4 nitrogen and oxygen atoms in total. The van der Waals surface area contributed by atoms with E-state index in [9.17, 15) is 0 Å². The molecule has 0 spiro atoms. The van der Waals surface area contributed by atoms with Gasteiger partial charge in [0.05, 0.1) is 12.2 Å². The smallest absolute Gasteiger partial charge is 0.0986 e. The summed E-state index contributed by atoms with van der Waals surface area (Å²) in [6, 6.07) is 0.440. The van der Waals surface area contributed by atoms with Crippen molar-refractivity contribution >= 4 is 11.8 Å². The third kappa shape index (κ3) is 5.14. The van der Waals surface area contributed by atoms with E-state index in [2.05, 4.69) is 5.32 Å². The zero-order chi connectivity index (χ0) is 12.5. The molecule has 0 aliphatic heterocycles. The van der Waals surface area contributed by atoms with E-state index < -0.39 is 0 Å². The minimum atomic E-state index is 0.206. The lowest BCUT2D eigenvalue weighted by molar-refractivity contribution is -0.130. The topological polar surface area (TPSA) is 50.7 Å². The molecule has 0 heterocycles. The number of aliphatic hydroxyl groups is 1. The number of thioether (sulfide) groups is 1. The molecule has 0 amide bonds. The summed E-state index contributed by atoms with van der Waals surface area (Å²) in [4.78, 5) is 0. The van der Waals surface area contributed by atoms with Crippen LogP contribution in [0.4, 0.5) is 0 Å². The second-order valence-corrected chi connectivity index (χ2v) is 5.40. The van der Waals surface area contributed by atoms with Crippen LogP contribution in [-0.2, 0) is 9.47 Å². The summed E-state index contributed by atoms with van der Waals surface area (Å²) in [7, 11) is 1.75. The van der Waals surface area contributed by atoms with Gasteiger partial charge in [-0.3, -0.25) is 0 Å². The van der Waals surface area contributed by atoms with Crippen molar-refractivity contribution in [3.8, 4) is 0 Å². The molecule has 1 saturated carbocycles. The number of hydrogen-bond acceptors (Lipinski definition) is 5. The van der Waals surface area contributed by atoms with Crippen LogP contribution in [0.5, 0.6) is 0 Å². The number of rotatable bonds is 10. The highest BCUT2D eigenvalue weighted by molar-refractivity contribution is 7.99. The highest BCUT2D eigenvalue weighted by Crippen LogP contribution is 2.26. The maximum atomic E-state index is 8.65. The Bertz CT molecular complexity index is 195. The average molecular weight is 263 g/mol. The molecule has 0 aromatic heterocycles. The Labute approximate surface area is 108 Å². The third-order valence-corrected chi connectivity index (χ3v) is 4.07. The van der Waals surface area contributed by atoms with Gasteiger partial charge in [0.1, 0.15) is 0 Å². The highest BCUT2D eigenvalue weighted by atomic mass is 32.2. The molecular weight excluding hydrogens is 238 g/mol. The molecule has 1 aliphatic rings. The van der Waals surface area contributed by atoms with Gasteiger partial charge in [-0.05, 0) is 25.5 Å². The fourth-order valence-electron chi connectivity index (χ4n) is 2.06. The van der Waals surface area contributed by atoms with E-state index in [1.54, 1.807) is 7.11 Å². The van der Waals surface area contributed by atoms with Crippen molar-refractivity contribution in [3.05, 3.63) is 0 Å². The second kappa shape index (κ2) is 9.16. The molecule has 1 aliphatic carbocycles. The fraction of sp³-hybridized carbons (Fsp3) is 1.00. The Morgan fingerprint density at radius 2 is 2.24 bits per heavy atom. The molecule has 2 N–H and O–H groups in total. The van der Waals surface area contributed by atoms with Crippen LogP contribution in [0.15, 0.2) is 0 Å². The Balaban J connectivity index is 2.00. The van der Waals surface area contributed by atoms with Gasteiger partial charge < -0.3 is 19.9 Å². The summed E-state index contributed by atoms with van der Waals surface area (Å²) in [6.45, 7) is 4.07. The summed E-state index contributed by atoms with van der Waals surface area (Å²) in [5.74, 6) is 2.13. The maximum Gasteiger partial charge on any atom is 0.0986 e. The van der Waals surface area contributed by atoms with E-state index in [4.69, 9.17) is 14.6 Å². The van der Waals surface area contributed by atoms with Gasteiger partial charge in [0, 0.05) is 38.7 Å². The van der Waals surface area contributed by atoms with Crippen LogP contribution in [0.25, 0.3) is 0 Å². The van der Waals surface area contributed by atoms with E-state index in [0.717, 1.165) is 37.5 Å². The molecule has 0 bridgehead atoms. The largest absolute Gasteiger partial charge is 0.396 e. The Morgan fingerprint density at radius 3 is 2.88 bits per heavy atom. The van der Waals surface area contributed by atoms with Crippen molar-refractivity contribution in [2.24, 2.45) is 0 Å². The van der Waals surface area contributed by atoms with Gasteiger partial charge in [-0.15, -0.1) is 0 Å². The van der Waals surface area contributed by atoms with Crippen molar-refractivity contribution in [1.82, 2.24) is 5.32 Å². The molecule has 5 heteroatoms. The van der Waals surface area contributed by atoms with Gasteiger partial charge in [0.15, 0.2) is 0 Å². The quantitative estimate of drug-likeness (QED) is 0.573. The fourth-order valence-corrected chi connectivity index (χ4v) is 2.86. The van der Waals surface area contributed by atoms with Crippen LogP contribution in [0.1, 0.15) is 19.8 Å². The van der Waals surface area contributed by atoms with Gasteiger partial charge in [-0.1, -0.05) is 0 Å². The summed E-state index contributed by atoms with van der Waals surface area (Å²) in [5.41, 5.74) is 0. The number of aliphatic hydroxyl groups excluding tert-OH is 1. The predicted octanol–water partition coefficient (Wildman–Crippen LogP) is 0.884. The minimum Gasteiger partial charge on any atom is -0.396 e. The van der Waals surface area contributed by atoms with Crippen molar-refractivity contribution in [1.29, 1.82) is 0 Å². The van der Waals surface area contributed by atoms with Crippen molar-refractivity contribution in [2.75, 3.05) is 38.4 Å². The van der Waals surface area contributed by atoms with Crippen LogP contribution in [0.3, 0.4) is 0 Å². The third-order valence-electron chi connectivity index (χ3n) is 3.00. The summed E-state index contributed by atoms with van der Waals surface area (Å²) in [6.07, 6.45) is 2.41. The SMILES string of the molecule is CCOC1CC(NCCSCCCO)C1OC. The minimum absolute atomic E-state index is 0.206. The van der Waals surface area contributed by atoms with Crippen molar-refractivity contribution < 1.29 is 14.6 Å². The molecule has 1 rings (SSSR count). The zero-order valence-corrected chi connectivity index (χ0v) is 11.7. The first-order chi connectivity index (χ1) is 8.33. The van der Waals surface area contributed by atoms with Gasteiger partial charge in [-0.25, -0.2) is 0 Å². The second-order valence-electron chi connectivity index (χ2n) is 4.18. The lowest BCUT2D eigenvalue weighted by Crippen LogP contribution is -2.60. The molecule has 0 saturated heterocycles. The summed E-state index contributed by atoms with van der Waals surface area (Å²) < 4.78 is 11.0. The van der Waals surface area contributed by atoms with Crippen molar-refractivity contribution in [2.45, 2.75) is 38.0 Å². The first-order valence-corrected chi connectivity index (χ1v) is 7.55. The van der Waals surface area contributed by atoms with E-state index in [1.165, 1.54) is 0 Å². The Morgan fingerprint density at radius 1 is 1.41 bits per heavy atom. The van der Waals surface area contributed by atoms with E-state index in [1.807, 2.05) is 18.7 Å². The molecule has 3 unspecified atom stereocenters. The Hall–Kier alpha value is 0.190. The molecule has 17 heavy (non-hydrogen) atoms. The van der Waals surface area contributed by atoms with Crippen LogP contribution < -0.4 is 5.32 Å². The van der Waals surface area contributed by atoms with Crippen LogP contribution in [0.2, 0.25) is 0 Å². The zero-order valence-electron chi connectivity index (χ0n) is 10.9.